The molecule has 1 fully saturated rings. The zero-order chi connectivity index (χ0) is 12.4. The van der Waals surface area contributed by atoms with Crippen molar-refractivity contribution in [2.75, 3.05) is 20.1 Å². The Bertz CT molecular complexity index is 524. The average molecular weight is 241 g/mol. The zero-order valence-corrected chi connectivity index (χ0v) is 10.8. The van der Waals surface area contributed by atoms with E-state index in [1.54, 1.807) is 0 Å². The van der Waals surface area contributed by atoms with Crippen LogP contribution in [0.4, 0.5) is 0 Å². The predicted molar refractivity (Wildman–Crippen MR) is 75.1 cm³/mol. The van der Waals surface area contributed by atoms with E-state index in [1.165, 1.54) is 10.8 Å². The van der Waals surface area contributed by atoms with Crippen LogP contribution in [0.25, 0.3) is 10.8 Å². The summed E-state index contributed by atoms with van der Waals surface area (Å²) in [5, 5.41) is 2.47. The molecule has 0 saturated carbocycles. The lowest BCUT2D eigenvalue weighted by Crippen LogP contribution is -2.35. The molecule has 0 bridgehead atoms. The summed E-state index contributed by atoms with van der Waals surface area (Å²) in [5.41, 5.74) is 0. The largest absolute Gasteiger partial charge is 0.490 e. The van der Waals surface area contributed by atoms with E-state index < -0.39 is 0 Å². The Balaban J connectivity index is 1.82. The van der Waals surface area contributed by atoms with E-state index in [4.69, 9.17) is 4.74 Å². The van der Waals surface area contributed by atoms with Crippen LogP contribution < -0.4 is 4.74 Å². The van der Waals surface area contributed by atoms with Gasteiger partial charge in [0.2, 0.25) is 0 Å². The molecule has 18 heavy (non-hydrogen) atoms. The Morgan fingerprint density at radius 2 is 1.72 bits per heavy atom. The second-order valence-corrected chi connectivity index (χ2v) is 5.10. The molecular weight excluding hydrogens is 222 g/mol. The van der Waals surface area contributed by atoms with E-state index in [9.17, 15) is 0 Å². The summed E-state index contributed by atoms with van der Waals surface area (Å²) in [7, 11) is 2.17. The first-order valence-corrected chi connectivity index (χ1v) is 6.66. The number of likely N-dealkylation sites (tertiary alicyclic amines) is 1. The molecule has 2 heteroatoms. The quantitative estimate of drug-likeness (QED) is 0.799. The van der Waals surface area contributed by atoms with Gasteiger partial charge in [-0.25, -0.2) is 0 Å². The molecule has 0 unspecified atom stereocenters. The summed E-state index contributed by atoms with van der Waals surface area (Å²) in [6.45, 7) is 2.27. The van der Waals surface area contributed by atoms with Gasteiger partial charge >= 0.3 is 0 Å². The predicted octanol–water partition coefficient (Wildman–Crippen LogP) is 3.31. The highest BCUT2D eigenvalue weighted by Crippen LogP contribution is 2.27. The number of nitrogens with zero attached hydrogens (tertiary/aromatic N) is 1. The number of benzene rings is 2. The summed E-state index contributed by atoms with van der Waals surface area (Å²) in [6.07, 6.45) is 2.62. The minimum atomic E-state index is 0.368. The highest BCUT2D eigenvalue weighted by molar-refractivity contribution is 5.88. The molecule has 1 aliphatic rings. The summed E-state index contributed by atoms with van der Waals surface area (Å²) < 4.78 is 6.19. The van der Waals surface area contributed by atoms with Gasteiger partial charge in [0.1, 0.15) is 11.9 Å². The van der Waals surface area contributed by atoms with Gasteiger partial charge in [-0.3, -0.25) is 0 Å². The summed E-state index contributed by atoms with van der Waals surface area (Å²) >= 11 is 0. The van der Waals surface area contributed by atoms with Crippen LogP contribution in [0.1, 0.15) is 12.8 Å². The molecule has 1 saturated heterocycles. The van der Waals surface area contributed by atoms with Crippen molar-refractivity contribution in [2.24, 2.45) is 0 Å². The van der Waals surface area contributed by atoms with E-state index in [0.717, 1.165) is 31.7 Å². The highest BCUT2D eigenvalue weighted by Gasteiger charge is 2.18. The molecule has 0 aromatic heterocycles. The smallest absolute Gasteiger partial charge is 0.127 e. The first kappa shape index (κ1) is 11.5. The number of fused-ring (bicyclic) bond motifs is 1. The second-order valence-electron chi connectivity index (χ2n) is 5.10. The van der Waals surface area contributed by atoms with Crippen molar-refractivity contribution in [3.63, 3.8) is 0 Å². The van der Waals surface area contributed by atoms with Gasteiger partial charge in [0.15, 0.2) is 0 Å². The van der Waals surface area contributed by atoms with Crippen LogP contribution in [0.2, 0.25) is 0 Å². The zero-order valence-electron chi connectivity index (χ0n) is 10.8. The SMILES string of the molecule is CN1CCC(Oc2cccc3ccccc23)CC1. The Kier molecular flexibility index (Phi) is 3.20. The number of hydrogen-bond acceptors (Lipinski definition) is 2. The third-order valence-electron chi connectivity index (χ3n) is 3.71. The first-order chi connectivity index (χ1) is 8.83. The molecule has 0 atom stereocenters. The lowest BCUT2D eigenvalue weighted by molar-refractivity contribution is 0.116. The van der Waals surface area contributed by atoms with Crippen LogP contribution in [-0.4, -0.2) is 31.1 Å². The third-order valence-corrected chi connectivity index (χ3v) is 3.71. The molecular formula is C16H19NO. The van der Waals surface area contributed by atoms with Crippen molar-refractivity contribution < 1.29 is 4.74 Å². The maximum absolute atomic E-state index is 6.19. The van der Waals surface area contributed by atoms with Gasteiger partial charge in [0, 0.05) is 18.5 Å². The fraction of sp³-hybridized carbons (Fsp3) is 0.375. The minimum Gasteiger partial charge on any atom is -0.490 e. The number of piperidine rings is 1. The van der Waals surface area contributed by atoms with Gasteiger partial charge in [0.05, 0.1) is 0 Å². The molecule has 1 aliphatic heterocycles. The molecule has 0 spiro atoms. The molecule has 0 aliphatic carbocycles. The molecule has 2 nitrogen and oxygen atoms in total. The Labute approximate surface area is 108 Å². The van der Waals surface area contributed by atoms with Crippen molar-refractivity contribution in [1.29, 1.82) is 0 Å². The number of ether oxygens (including phenoxy) is 1. The van der Waals surface area contributed by atoms with E-state index in [1.807, 2.05) is 0 Å². The molecule has 0 radical (unpaired) electrons. The molecule has 94 valence electrons. The fourth-order valence-corrected chi connectivity index (χ4v) is 2.58. The van der Waals surface area contributed by atoms with E-state index in [0.29, 0.717) is 6.10 Å². The van der Waals surface area contributed by atoms with Crippen LogP contribution in [0, 0.1) is 0 Å². The molecule has 2 aromatic carbocycles. The van der Waals surface area contributed by atoms with Crippen LogP contribution in [0.5, 0.6) is 5.75 Å². The molecule has 1 heterocycles. The van der Waals surface area contributed by atoms with Crippen molar-refractivity contribution in [1.82, 2.24) is 4.90 Å². The number of hydrogen-bond donors (Lipinski definition) is 0. The van der Waals surface area contributed by atoms with Crippen molar-refractivity contribution in [3.05, 3.63) is 42.5 Å². The van der Waals surface area contributed by atoms with Gasteiger partial charge in [-0.1, -0.05) is 36.4 Å². The van der Waals surface area contributed by atoms with Crippen LogP contribution in [0.3, 0.4) is 0 Å². The van der Waals surface area contributed by atoms with E-state index in [2.05, 4.69) is 54.4 Å². The van der Waals surface area contributed by atoms with Crippen LogP contribution >= 0.6 is 0 Å². The normalized spacial score (nSPS) is 18.1. The van der Waals surface area contributed by atoms with Gasteiger partial charge in [0.25, 0.3) is 0 Å². The van der Waals surface area contributed by atoms with Crippen molar-refractivity contribution in [3.8, 4) is 5.75 Å². The minimum absolute atomic E-state index is 0.368. The first-order valence-electron chi connectivity index (χ1n) is 6.66. The fourth-order valence-electron chi connectivity index (χ4n) is 2.58. The number of rotatable bonds is 2. The van der Waals surface area contributed by atoms with Gasteiger partial charge in [-0.05, 0) is 31.3 Å². The van der Waals surface area contributed by atoms with Gasteiger partial charge in [-0.2, -0.15) is 0 Å². The average Bonchev–Trinajstić information content (AvgIpc) is 2.42. The Hall–Kier alpha value is -1.54. The second kappa shape index (κ2) is 4.99. The van der Waals surface area contributed by atoms with E-state index in [-0.39, 0.29) is 0 Å². The van der Waals surface area contributed by atoms with Crippen LogP contribution in [-0.2, 0) is 0 Å². The van der Waals surface area contributed by atoms with Gasteiger partial charge in [-0.15, -0.1) is 0 Å². The lowest BCUT2D eigenvalue weighted by atomic mass is 10.1. The molecule has 2 aromatic rings. The lowest BCUT2D eigenvalue weighted by Gasteiger charge is -2.29. The maximum atomic E-state index is 6.19. The maximum Gasteiger partial charge on any atom is 0.127 e. The summed E-state index contributed by atoms with van der Waals surface area (Å²) in [6, 6.07) is 14.7. The van der Waals surface area contributed by atoms with Crippen molar-refractivity contribution >= 4 is 10.8 Å². The monoisotopic (exact) mass is 241 g/mol. The summed E-state index contributed by atoms with van der Waals surface area (Å²) in [5.74, 6) is 1.03. The Morgan fingerprint density at radius 1 is 1.00 bits per heavy atom. The third kappa shape index (κ3) is 2.34. The van der Waals surface area contributed by atoms with Crippen LogP contribution in [0.15, 0.2) is 42.5 Å². The topological polar surface area (TPSA) is 12.5 Å². The van der Waals surface area contributed by atoms with Crippen molar-refractivity contribution in [2.45, 2.75) is 18.9 Å². The summed E-state index contributed by atoms with van der Waals surface area (Å²) in [4.78, 5) is 2.36. The Morgan fingerprint density at radius 3 is 2.56 bits per heavy atom. The highest BCUT2D eigenvalue weighted by atomic mass is 16.5. The molecule has 0 amide bonds. The standard InChI is InChI=1S/C16H19NO/c1-17-11-9-14(10-12-17)18-16-8-4-6-13-5-2-3-7-15(13)16/h2-8,14H,9-12H2,1H3. The molecule has 3 rings (SSSR count). The van der Waals surface area contributed by atoms with Gasteiger partial charge < -0.3 is 9.64 Å². The van der Waals surface area contributed by atoms with E-state index >= 15 is 0 Å². The molecule has 0 N–H and O–H groups in total.